The van der Waals surface area contributed by atoms with Crippen LogP contribution in [0.3, 0.4) is 0 Å². The molecule has 34 heavy (non-hydrogen) atoms. The molecule has 0 spiro atoms. The number of ether oxygens (including phenoxy) is 1. The van der Waals surface area contributed by atoms with Gasteiger partial charge in [-0.25, -0.2) is 13.4 Å². The van der Waals surface area contributed by atoms with Crippen LogP contribution in [0.5, 0.6) is 5.75 Å². The minimum Gasteiger partial charge on any atom is -0.485 e. The molecule has 0 saturated carbocycles. The molecule has 1 N–H and O–H groups in total. The van der Waals surface area contributed by atoms with Crippen molar-refractivity contribution in [2.75, 3.05) is 18.4 Å². The highest BCUT2D eigenvalue weighted by atomic mass is 32.2. The van der Waals surface area contributed by atoms with Crippen LogP contribution in [0.15, 0.2) is 72.0 Å². The van der Waals surface area contributed by atoms with Gasteiger partial charge in [-0.05, 0) is 66.8 Å². The Labute approximate surface area is 200 Å². The number of rotatable bonds is 9. The monoisotopic (exact) mass is 480 g/mol. The molecule has 3 aromatic rings. The molecule has 178 valence electrons. The standard InChI is InChI=1S/C25H28N4O4S/c30-24(28-25-23(5-4-14-27-25)33-19-21-12-15-26-16-13-21)11-8-20-6-9-22(10-7-20)34(31,32)29-17-2-1-3-18-29/h4-7,9-10,12-16H,1-3,8,11,17-19H2,(H,27,28,30). The molecule has 1 aromatic carbocycles. The van der Waals surface area contributed by atoms with E-state index < -0.39 is 10.0 Å². The molecule has 1 fully saturated rings. The van der Waals surface area contributed by atoms with Gasteiger partial charge in [0.15, 0.2) is 11.6 Å². The molecule has 0 unspecified atom stereocenters. The molecule has 0 atom stereocenters. The highest BCUT2D eigenvalue weighted by Gasteiger charge is 2.25. The fourth-order valence-electron chi connectivity index (χ4n) is 3.78. The molecular formula is C25H28N4O4S. The van der Waals surface area contributed by atoms with E-state index >= 15 is 0 Å². The Morgan fingerprint density at radius 3 is 2.41 bits per heavy atom. The highest BCUT2D eigenvalue weighted by Crippen LogP contribution is 2.23. The van der Waals surface area contributed by atoms with E-state index in [1.165, 1.54) is 0 Å². The van der Waals surface area contributed by atoms with Crippen molar-refractivity contribution in [2.24, 2.45) is 0 Å². The maximum atomic E-state index is 12.8. The van der Waals surface area contributed by atoms with E-state index in [0.29, 0.717) is 42.6 Å². The molecule has 9 heteroatoms. The molecule has 4 rings (SSSR count). The lowest BCUT2D eigenvalue weighted by Gasteiger charge is -2.25. The molecule has 1 aliphatic heterocycles. The lowest BCUT2D eigenvalue weighted by molar-refractivity contribution is -0.116. The molecule has 0 bridgehead atoms. The van der Waals surface area contributed by atoms with Crippen LogP contribution in [0.1, 0.15) is 36.8 Å². The Balaban J connectivity index is 1.31. The second-order valence-electron chi connectivity index (χ2n) is 8.15. The average Bonchev–Trinajstić information content (AvgIpc) is 2.88. The minimum absolute atomic E-state index is 0.197. The van der Waals surface area contributed by atoms with Gasteiger partial charge < -0.3 is 10.1 Å². The normalized spacial score (nSPS) is 14.5. The number of pyridine rings is 2. The van der Waals surface area contributed by atoms with Crippen molar-refractivity contribution < 1.29 is 17.9 Å². The highest BCUT2D eigenvalue weighted by molar-refractivity contribution is 7.89. The number of hydrogen-bond acceptors (Lipinski definition) is 6. The Morgan fingerprint density at radius 1 is 0.941 bits per heavy atom. The Hall–Kier alpha value is -3.30. The summed E-state index contributed by atoms with van der Waals surface area (Å²) >= 11 is 0. The number of aryl methyl sites for hydroxylation is 1. The maximum Gasteiger partial charge on any atom is 0.243 e. The van der Waals surface area contributed by atoms with Gasteiger partial charge >= 0.3 is 0 Å². The van der Waals surface area contributed by atoms with E-state index in [4.69, 9.17) is 4.74 Å². The van der Waals surface area contributed by atoms with E-state index in [-0.39, 0.29) is 12.3 Å². The minimum atomic E-state index is -3.45. The summed E-state index contributed by atoms with van der Waals surface area (Å²) in [6.45, 7) is 1.49. The molecular weight excluding hydrogens is 452 g/mol. The summed E-state index contributed by atoms with van der Waals surface area (Å²) < 4.78 is 32.9. The van der Waals surface area contributed by atoms with Gasteiger partial charge in [-0.15, -0.1) is 0 Å². The Morgan fingerprint density at radius 2 is 1.68 bits per heavy atom. The molecule has 1 saturated heterocycles. The second-order valence-corrected chi connectivity index (χ2v) is 10.1. The van der Waals surface area contributed by atoms with E-state index in [0.717, 1.165) is 30.4 Å². The number of piperidine rings is 1. The zero-order chi connectivity index (χ0) is 23.8. The number of anilines is 1. The third-order valence-corrected chi connectivity index (χ3v) is 7.60. The van der Waals surface area contributed by atoms with E-state index in [1.807, 2.05) is 12.1 Å². The van der Waals surface area contributed by atoms with Gasteiger partial charge in [0.05, 0.1) is 4.90 Å². The maximum absolute atomic E-state index is 12.8. The Bertz CT molecular complexity index is 1200. The van der Waals surface area contributed by atoms with Gasteiger partial charge in [-0.1, -0.05) is 18.6 Å². The number of carbonyl (C=O) groups excluding carboxylic acids is 1. The summed E-state index contributed by atoms with van der Waals surface area (Å²) in [7, 11) is -3.45. The number of sulfonamides is 1. The quantitative estimate of drug-likeness (QED) is 0.500. The van der Waals surface area contributed by atoms with Crippen molar-refractivity contribution in [3.05, 3.63) is 78.2 Å². The van der Waals surface area contributed by atoms with E-state index in [2.05, 4.69) is 15.3 Å². The van der Waals surface area contributed by atoms with Gasteiger partial charge in [0.1, 0.15) is 6.61 Å². The third kappa shape index (κ3) is 6.18. The van der Waals surface area contributed by atoms with Gasteiger partial charge in [0.2, 0.25) is 15.9 Å². The number of carbonyl (C=O) groups is 1. The van der Waals surface area contributed by atoms with Crippen LogP contribution >= 0.6 is 0 Å². The summed E-state index contributed by atoms with van der Waals surface area (Å²) in [6.07, 6.45) is 8.58. The van der Waals surface area contributed by atoms with Crippen LogP contribution in [-0.2, 0) is 27.8 Å². The van der Waals surface area contributed by atoms with Crippen molar-refractivity contribution >= 4 is 21.7 Å². The zero-order valence-corrected chi connectivity index (χ0v) is 19.7. The van der Waals surface area contributed by atoms with E-state index in [1.54, 1.807) is 59.3 Å². The molecule has 0 aliphatic carbocycles. The summed E-state index contributed by atoms with van der Waals surface area (Å²) in [5, 5.41) is 2.81. The number of nitrogens with zero attached hydrogens (tertiary/aromatic N) is 3. The summed E-state index contributed by atoms with van der Waals surface area (Å²) in [5.74, 6) is 0.655. The summed E-state index contributed by atoms with van der Waals surface area (Å²) in [5.41, 5.74) is 1.85. The predicted molar refractivity (Wildman–Crippen MR) is 129 cm³/mol. The fourth-order valence-corrected chi connectivity index (χ4v) is 5.29. The van der Waals surface area contributed by atoms with Gasteiger partial charge in [0, 0.05) is 38.1 Å². The van der Waals surface area contributed by atoms with Crippen molar-refractivity contribution in [2.45, 2.75) is 43.6 Å². The van der Waals surface area contributed by atoms with Gasteiger partial charge in [0.25, 0.3) is 0 Å². The molecule has 0 radical (unpaired) electrons. The molecule has 1 aliphatic rings. The topological polar surface area (TPSA) is 101 Å². The zero-order valence-electron chi connectivity index (χ0n) is 18.9. The van der Waals surface area contributed by atoms with Crippen molar-refractivity contribution in [1.29, 1.82) is 0 Å². The largest absolute Gasteiger partial charge is 0.485 e. The molecule has 8 nitrogen and oxygen atoms in total. The third-order valence-electron chi connectivity index (χ3n) is 5.69. The summed E-state index contributed by atoms with van der Waals surface area (Å²) in [4.78, 5) is 21.0. The van der Waals surface area contributed by atoms with E-state index in [9.17, 15) is 13.2 Å². The van der Waals surface area contributed by atoms with Crippen LogP contribution in [0, 0.1) is 0 Å². The molecule has 2 aromatic heterocycles. The number of benzene rings is 1. The SMILES string of the molecule is O=C(CCc1ccc(S(=O)(=O)N2CCCCC2)cc1)Nc1ncccc1OCc1ccncc1. The first kappa shape index (κ1) is 23.8. The Kier molecular flexibility index (Phi) is 7.87. The number of hydrogen-bond donors (Lipinski definition) is 1. The van der Waals surface area contributed by atoms with Crippen LogP contribution in [0.2, 0.25) is 0 Å². The van der Waals surface area contributed by atoms with Crippen molar-refractivity contribution in [3.8, 4) is 5.75 Å². The number of aromatic nitrogens is 2. The first-order valence-electron chi connectivity index (χ1n) is 11.4. The van der Waals surface area contributed by atoms with Crippen LogP contribution in [0.25, 0.3) is 0 Å². The molecule has 3 heterocycles. The summed E-state index contributed by atoms with van der Waals surface area (Å²) in [6, 6.07) is 14.0. The van der Waals surface area contributed by atoms with Gasteiger partial charge in [-0.2, -0.15) is 4.31 Å². The van der Waals surface area contributed by atoms with Crippen LogP contribution in [-0.4, -0.2) is 41.7 Å². The number of nitrogens with one attached hydrogen (secondary N) is 1. The second kappa shape index (κ2) is 11.2. The first-order chi connectivity index (χ1) is 16.5. The first-order valence-corrected chi connectivity index (χ1v) is 12.8. The number of amides is 1. The van der Waals surface area contributed by atoms with Gasteiger partial charge in [-0.3, -0.25) is 9.78 Å². The smallest absolute Gasteiger partial charge is 0.243 e. The lowest BCUT2D eigenvalue weighted by atomic mass is 10.1. The van der Waals surface area contributed by atoms with Crippen molar-refractivity contribution in [1.82, 2.24) is 14.3 Å². The molecule has 1 amide bonds. The average molecular weight is 481 g/mol. The van der Waals surface area contributed by atoms with Crippen LogP contribution in [0.4, 0.5) is 5.82 Å². The predicted octanol–water partition coefficient (Wildman–Crippen LogP) is 3.80. The van der Waals surface area contributed by atoms with Crippen LogP contribution < -0.4 is 10.1 Å². The van der Waals surface area contributed by atoms with Crippen molar-refractivity contribution in [3.63, 3.8) is 0 Å². The lowest BCUT2D eigenvalue weighted by Crippen LogP contribution is -2.35. The fraction of sp³-hybridized carbons (Fsp3) is 0.320.